The number of rotatable bonds is 4. The molecule has 0 unspecified atom stereocenters. The lowest BCUT2D eigenvalue weighted by Crippen LogP contribution is -2.23. The summed E-state index contributed by atoms with van der Waals surface area (Å²) in [6.07, 6.45) is 0. The zero-order valence-electron chi connectivity index (χ0n) is 9.75. The van der Waals surface area contributed by atoms with Crippen molar-refractivity contribution >= 4 is 10.0 Å². The number of nitrogens with one attached hydrogen (secondary N) is 1. The summed E-state index contributed by atoms with van der Waals surface area (Å²) in [6.45, 7) is 1.82. The number of phenols is 1. The number of aromatic hydroxyl groups is 1. The Bertz CT molecular complexity index is 646. The van der Waals surface area contributed by atoms with Crippen molar-refractivity contribution in [2.75, 3.05) is 0 Å². The molecule has 2 aromatic rings. The van der Waals surface area contributed by atoms with Crippen molar-refractivity contribution in [1.29, 1.82) is 0 Å². The average Bonchev–Trinajstić information content (AvgIpc) is 2.73. The molecule has 0 saturated heterocycles. The van der Waals surface area contributed by atoms with Gasteiger partial charge in [-0.2, -0.15) is 0 Å². The van der Waals surface area contributed by atoms with Crippen LogP contribution in [0.15, 0.2) is 45.7 Å². The highest BCUT2D eigenvalue weighted by Crippen LogP contribution is 2.21. The summed E-state index contributed by atoms with van der Waals surface area (Å²) in [5.41, 5.74) is 0. The molecule has 0 saturated carbocycles. The molecular weight excluding hydrogens is 254 g/mol. The van der Waals surface area contributed by atoms with Crippen LogP contribution in [-0.2, 0) is 16.6 Å². The average molecular weight is 267 g/mol. The second-order valence-corrected chi connectivity index (χ2v) is 5.54. The SMILES string of the molecule is Cc1ccc(CNS(=O)(=O)c2ccccc2O)o1. The van der Waals surface area contributed by atoms with Crippen LogP contribution in [-0.4, -0.2) is 13.5 Å². The smallest absolute Gasteiger partial charge is 0.244 e. The lowest BCUT2D eigenvalue weighted by molar-refractivity contribution is 0.455. The molecule has 96 valence electrons. The quantitative estimate of drug-likeness (QED) is 0.884. The number of para-hydroxylation sites is 1. The first-order chi connectivity index (χ1) is 8.49. The molecular formula is C12H13NO4S. The molecule has 0 atom stereocenters. The molecule has 0 radical (unpaired) electrons. The van der Waals surface area contributed by atoms with E-state index in [4.69, 9.17) is 4.42 Å². The molecule has 6 heteroatoms. The second kappa shape index (κ2) is 4.83. The molecule has 0 spiro atoms. The molecule has 1 aromatic carbocycles. The molecule has 2 N–H and O–H groups in total. The van der Waals surface area contributed by atoms with Gasteiger partial charge in [-0.15, -0.1) is 0 Å². The Labute approximate surface area is 105 Å². The van der Waals surface area contributed by atoms with Crippen LogP contribution in [0.5, 0.6) is 5.75 Å². The van der Waals surface area contributed by atoms with Gasteiger partial charge in [0.15, 0.2) is 0 Å². The van der Waals surface area contributed by atoms with Gasteiger partial charge in [0.05, 0.1) is 6.54 Å². The fourth-order valence-electron chi connectivity index (χ4n) is 1.51. The Hall–Kier alpha value is -1.79. The number of hydrogen-bond donors (Lipinski definition) is 2. The van der Waals surface area contributed by atoms with Crippen molar-refractivity contribution in [3.05, 3.63) is 47.9 Å². The maximum Gasteiger partial charge on any atom is 0.244 e. The monoisotopic (exact) mass is 267 g/mol. The van der Waals surface area contributed by atoms with Crippen molar-refractivity contribution in [1.82, 2.24) is 4.72 Å². The standard InChI is InChI=1S/C12H13NO4S/c1-9-6-7-10(17-9)8-13-18(15,16)12-5-3-2-4-11(12)14/h2-7,13-14H,8H2,1H3. The lowest BCUT2D eigenvalue weighted by atomic mass is 10.3. The molecule has 0 amide bonds. The Morgan fingerprint density at radius 1 is 1.22 bits per heavy atom. The molecule has 0 aliphatic carbocycles. The number of benzene rings is 1. The van der Waals surface area contributed by atoms with Crippen LogP contribution in [0.1, 0.15) is 11.5 Å². The molecule has 0 aliphatic rings. The highest BCUT2D eigenvalue weighted by atomic mass is 32.2. The summed E-state index contributed by atoms with van der Waals surface area (Å²) in [7, 11) is -3.74. The van der Waals surface area contributed by atoms with Gasteiger partial charge in [0, 0.05) is 0 Å². The summed E-state index contributed by atoms with van der Waals surface area (Å²) in [4.78, 5) is -0.145. The van der Waals surface area contributed by atoms with Gasteiger partial charge < -0.3 is 9.52 Å². The molecule has 0 fully saturated rings. The van der Waals surface area contributed by atoms with E-state index in [1.807, 2.05) is 0 Å². The van der Waals surface area contributed by atoms with E-state index < -0.39 is 10.0 Å². The number of furan rings is 1. The predicted octanol–water partition coefficient (Wildman–Crippen LogP) is 1.77. The second-order valence-electron chi connectivity index (χ2n) is 3.80. The molecule has 0 aliphatic heterocycles. The zero-order valence-corrected chi connectivity index (χ0v) is 10.6. The normalized spacial score (nSPS) is 11.6. The first kappa shape index (κ1) is 12.7. The van der Waals surface area contributed by atoms with Gasteiger partial charge in [-0.25, -0.2) is 13.1 Å². The largest absolute Gasteiger partial charge is 0.507 e. The van der Waals surface area contributed by atoms with E-state index in [2.05, 4.69) is 4.72 Å². The van der Waals surface area contributed by atoms with Gasteiger partial charge in [-0.3, -0.25) is 0 Å². The van der Waals surface area contributed by atoms with E-state index in [1.54, 1.807) is 31.2 Å². The van der Waals surface area contributed by atoms with Gasteiger partial charge in [-0.1, -0.05) is 12.1 Å². The van der Waals surface area contributed by atoms with Gasteiger partial charge in [0.2, 0.25) is 10.0 Å². The van der Waals surface area contributed by atoms with Crippen LogP contribution < -0.4 is 4.72 Å². The van der Waals surface area contributed by atoms with Crippen molar-refractivity contribution in [3.8, 4) is 5.75 Å². The van der Waals surface area contributed by atoms with Crippen LogP contribution in [0.2, 0.25) is 0 Å². The van der Waals surface area contributed by atoms with E-state index in [1.165, 1.54) is 12.1 Å². The Balaban J connectivity index is 2.16. The summed E-state index contributed by atoms with van der Waals surface area (Å²) in [6, 6.07) is 9.22. The van der Waals surface area contributed by atoms with E-state index in [-0.39, 0.29) is 17.2 Å². The summed E-state index contributed by atoms with van der Waals surface area (Å²) >= 11 is 0. The van der Waals surface area contributed by atoms with E-state index >= 15 is 0 Å². The summed E-state index contributed by atoms with van der Waals surface area (Å²) < 4.78 is 31.5. The van der Waals surface area contributed by atoms with Gasteiger partial charge in [0.25, 0.3) is 0 Å². The zero-order chi connectivity index (χ0) is 13.2. The van der Waals surface area contributed by atoms with E-state index in [0.717, 1.165) is 0 Å². The third kappa shape index (κ3) is 2.72. The van der Waals surface area contributed by atoms with Crippen LogP contribution in [0.4, 0.5) is 0 Å². The van der Waals surface area contributed by atoms with Gasteiger partial charge in [0.1, 0.15) is 22.2 Å². The first-order valence-corrected chi connectivity index (χ1v) is 6.80. The third-order valence-electron chi connectivity index (χ3n) is 2.39. The molecule has 1 aromatic heterocycles. The Morgan fingerprint density at radius 2 is 1.94 bits per heavy atom. The van der Waals surface area contributed by atoms with Gasteiger partial charge >= 0.3 is 0 Å². The van der Waals surface area contributed by atoms with Crippen LogP contribution in [0.3, 0.4) is 0 Å². The van der Waals surface area contributed by atoms with Crippen molar-refractivity contribution < 1.29 is 17.9 Å². The van der Waals surface area contributed by atoms with Crippen molar-refractivity contribution in [2.24, 2.45) is 0 Å². The molecule has 0 bridgehead atoms. The maximum absolute atomic E-state index is 11.9. The van der Waals surface area contributed by atoms with Crippen molar-refractivity contribution in [3.63, 3.8) is 0 Å². The highest BCUT2D eigenvalue weighted by molar-refractivity contribution is 7.89. The molecule has 5 nitrogen and oxygen atoms in total. The summed E-state index contributed by atoms with van der Waals surface area (Å²) in [5.74, 6) is 0.957. The molecule has 2 rings (SSSR count). The number of phenolic OH excluding ortho intramolecular Hbond substituents is 1. The van der Waals surface area contributed by atoms with Crippen LogP contribution in [0.25, 0.3) is 0 Å². The fraction of sp³-hybridized carbons (Fsp3) is 0.167. The first-order valence-electron chi connectivity index (χ1n) is 5.32. The van der Waals surface area contributed by atoms with Gasteiger partial charge in [-0.05, 0) is 31.2 Å². The minimum Gasteiger partial charge on any atom is -0.507 e. The van der Waals surface area contributed by atoms with Crippen molar-refractivity contribution in [2.45, 2.75) is 18.4 Å². The highest BCUT2D eigenvalue weighted by Gasteiger charge is 2.18. The predicted molar refractivity (Wildman–Crippen MR) is 65.6 cm³/mol. The maximum atomic E-state index is 11.9. The fourth-order valence-corrected chi connectivity index (χ4v) is 2.60. The number of sulfonamides is 1. The molecule has 18 heavy (non-hydrogen) atoms. The third-order valence-corrected chi connectivity index (χ3v) is 3.84. The van der Waals surface area contributed by atoms with Crippen LogP contribution in [0, 0.1) is 6.92 Å². The summed E-state index contributed by atoms with van der Waals surface area (Å²) in [5, 5.41) is 9.50. The minimum atomic E-state index is -3.74. The Kier molecular flexibility index (Phi) is 3.40. The number of hydrogen-bond acceptors (Lipinski definition) is 4. The van der Waals surface area contributed by atoms with E-state index in [0.29, 0.717) is 11.5 Å². The number of aryl methyl sites for hydroxylation is 1. The topological polar surface area (TPSA) is 79.5 Å². The lowest BCUT2D eigenvalue weighted by Gasteiger charge is -2.06. The van der Waals surface area contributed by atoms with E-state index in [9.17, 15) is 13.5 Å². The molecule has 1 heterocycles. The minimum absolute atomic E-state index is 0.0461. The van der Waals surface area contributed by atoms with Crippen LogP contribution >= 0.6 is 0 Å². The Morgan fingerprint density at radius 3 is 2.56 bits per heavy atom.